The molecule has 1 aromatic rings. The first-order valence-corrected chi connectivity index (χ1v) is 3.09. The Labute approximate surface area is 62.9 Å². The molecule has 0 saturated heterocycles. The van der Waals surface area contributed by atoms with Crippen LogP contribution in [0.25, 0.3) is 0 Å². The summed E-state index contributed by atoms with van der Waals surface area (Å²) in [4.78, 5) is 12.6. The Morgan fingerprint density at radius 3 is 3.10 bits per heavy atom. The average Bonchev–Trinajstić information content (AvgIpc) is 2.31. The van der Waals surface area contributed by atoms with Crippen LogP contribution in [0.4, 0.5) is 0 Å². The standard InChI is InChI=1S/C6H6ClNO2/c7-5-1-2-8-6(5)3-10-4-9/h1-2,4,8H,3H2. The predicted molar refractivity (Wildman–Crippen MR) is 36.7 cm³/mol. The van der Waals surface area contributed by atoms with Crippen molar-refractivity contribution >= 4 is 18.1 Å². The number of ether oxygens (including phenoxy) is 1. The molecular formula is C6H6ClNO2. The minimum Gasteiger partial charge on any atom is -0.461 e. The molecule has 10 heavy (non-hydrogen) atoms. The summed E-state index contributed by atoms with van der Waals surface area (Å²) in [6, 6.07) is 1.70. The molecule has 0 bridgehead atoms. The van der Waals surface area contributed by atoms with Crippen LogP contribution in [0.15, 0.2) is 12.3 Å². The molecule has 0 aliphatic heterocycles. The van der Waals surface area contributed by atoms with Crippen molar-refractivity contribution in [1.29, 1.82) is 0 Å². The number of carbonyl (C=O) groups is 1. The van der Waals surface area contributed by atoms with Crippen molar-refractivity contribution in [3.8, 4) is 0 Å². The molecule has 0 fully saturated rings. The minimum absolute atomic E-state index is 0.204. The largest absolute Gasteiger partial charge is 0.461 e. The molecule has 0 spiro atoms. The van der Waals surface area contributed by atoms with Gasteiger partial charge in [-0.3, -0.25) is 4.79 Å². The number of halogens is 1. The molecule has 0 aromatic carbocycles. The van der Waals surface area contributed by atoms with Crippen LogP contribution in [-0.4, -0.2) is 11.5 Å². The zero-order valence-electron chi connectivity index (χ0n) is 5.13. The Bertz CT molecular complexity index is 221. The van der Waals surface area contributed by atoms with Gasteiger partial charge in [-0.2, -0.15) is 0 Å². The van der Waals surface area contributed by atoms with Crippen LogP contribution in [0, 0.1) is 0 Å². The van der Waals surface area contributed by atoms with E-state index in [4.69, 9.17) is 11.6 Å². The second kappa shape index (κ2) is 3.27. The van der Waals surface area contributed by atoms with Gasteiger partial charge in [0.05, 0.1) is 10.7 Å². The molecular weight excluding hydrogens is 154 g/mol. The molecule has 0 aliphatic carbocycles. The molecule has 54 valence electrons. The summed E-state index contributed by atoms with van der Waals surface area (Å²) in [7, 11) is 0. The van der Waals surface area contributed by atoms with E-state index in [9.17, 15) is 4.79 Å². The van der Waals surface area contributed by atoms with E-state index in [1.807, 2.05) is 0 Å². The highest BCUT2D eigenvalue weighted by Crippen LogP contribution is 2.13. The third-order valence-electron chi connectivity index (χ3n) is 1.07. The van der Waals surface area contributed by atoms with Gasteiger partial charge < -0.3 is 9.72 Å². The van der Waals surface area contributed by atoms with Crippen LogP contribution in [0.5, 0.6) is 0 Å². The Kier molecular flexibility index (Phi) is 2.34. The Morgan fingerprint density at radius 1 is 1.80 bits per heavy atom. The third-order valence-corrected chi connectivity index (χ3v) is 1.43. The van der Waals surface area contributed by atoms with Crippen molar-refractivity contribution in [2.75, 3.05) is 0 Å². The lowest BCUT2D eigenvalue weighted by atomic mass is 10.5. The van der Waals surface area contributed by atoms with Crippen molar-refractivity contribution in [3.05, 3.63) is 23.0 Å². The summed E-state index contributed by atoms with van der Waals surface area (Å²) < 4.78 is 4.46. The van der Waals surface area contributed by atoms with Gasteiger partial charge in [0.25, 0.3) is 6.47 Å². The molecule has 1 heterocycles. The zero-order valence-corrected chi connectivity index (χ0v) is 5.89. The van der Waals surface area contributed by atoms with E-state index in [1.54, 1.807) is 12.3 Å². The van der Waals surface area contributed by atoms with Gasteiger partial charge in [0, 0.05) is 6.20 Å². The molecule has 0 saturated carbocycles. The van der Waals surface area contributed by atoms with Crippen molar-refractivity contribution < 1.29 is 9.53 Å². The lowest BCUT2D eigenvalue weighted by Crippen LogP contribution is -1.89. The SMILES string of the molecule is O=COCc1[nH]ccc1Cl. The zero-order chi connectivity index (χ0) is 7.40. The Hall–Kier alpha value is -0.960. The molecule has 0 radical (unpaired) electrons. The monoisotopic (exact) mass is 159 g/mol. The van der Waals surface area contributed by atoms with Gasteiger partial charge in [0.1, 0.15) is 6.61 Å². The average molecular weight is 160 g/mol. The fraction of sp³-hybridized carbons (Fsp3) is 0.167. The first-order chi connectivity index (χ1) is 4.84. The molecule has 0 amide bonds. The van der Waals surface area contributed by atoms with E-state index in [1.165, 1.54) is 0 Å². The van der Waals surface area contributed by atoms with Gasteiger partial charge in [-0.05, 0) is 6.07 Å². The molecule has 3 nitrogen and oxygen atoms in total. The first kappa shape index (κ1) is 7.15. The first-order valence-electron chi connectivity index (χ1n) is 2.71. The molecule has 4 heteroatoms. The lowest BCUT2D eigenvalue weighted by Gasteiger charge is -1.94. The number of nitrogens with one attached hydrogen (secondary N) is 1. The fourth-order valence-electron chi connectivity index (χ4n) is 0.613. The molecule has 1 N–H and O–H groups in total. The van der Waals surface area contributed by atoms with Gasteiger partial charge in [-0.1, -0.05) is 11.6 Å². The summed E-state index contributed by atoms with van der Waals surface area (Å²) in [5.74, 6) is 0. The summed E-state index contributed by atoms with van der Waals surface area (Å²) >= 11 is 5.65. The number of aromatic amines is 1. The third kappa shape index (κ3) is 1.51. The molecule has 0 unspecified atom stereocenters. The summed E-state index contributed by atoms with van der Waals surface area (Å²) in [5.41, 5.74) is 0.716. The van der Waals surface area contributed by atoms with Gasteiger partial charge in [-0.15, -0.1) is 0 Å². The van der Waals surface area contributed by atoms with E-state index < -0.39 is 0 Å². The van der Waals surface area contributed by atoms with Crippen molar-refractivity contribution in [3.63, 3.8) is 0 Å². The maximum atomic E-state index is 9.73. The highest BCUT2D eigenvalue weighted by Gasteiger charge is 1.98. The van der Waals surface area contributed by atoms with Crippen molar-refractivity contribution in [2.24, 2.45) is 0 Å². The minimum atomic E-state index is 0.204. The second-order valence-electron chi connectivity index (χ2n) is 1.71. The van der Waals surface area contributed by atoms with Crippen molar-refractivity contribution in [2.45, 2.75) is 6.61 Å². The second-order valence-corrected chi connectivity index (χ2v) is 2.12. The Morgan fingerprint density at radius 2 is 2.60 bits per heavy atom. The van der Waals surface area contributed by atoms with Gasteiger partial charge >= 0.3 is 0 Å². The van der Waals surface area contributed by atoms with E-state index in [-0.39, 0.29) is 6.61 Å². The highest BCUT2D eigenvalue weighted by atomic mass is 35.5. The Balaban J connectivity index is 2.56. The van der Waals surface area contributed by atoms with E-state index in [0.29, 0.717) is 17.2 Å². The topological polar surface area (TPSA) is 42.1 Å². The maximum absolute atomic E-state index is 9.73. The molecule has 0 atom stereocenters. The quantitative estimate of drug-likeness (QED) is 0.677. The van der Waals surface area contributed by atoms with E-state index in [2.05, 4.69) is 9.72 Å². The van der Waals surface area contributed by atoms with Crippen LogP contribution in [0.3, 0.4) is 0 Å². The van der Waals surface area contributed by atoms with E-state index >= 15 is 0 Å². The molecule has 1 aromatic heterocycles. The predicted octanol–water partition coefficient (Wildman–Crippen LogP) is 1.34. The molecule has 1 rings (SSSR count). The number of rotatable bonds is 3. The number of hydrogen-bond acceptors (Lipinski definition) is 2. The summed E-state index contributed by atoms with van der Waals surface area (Å²) in [5, 5.41) is 0.585. The van der Waals surface area contributed by atoms with Gasteiger partial charge in [-0.25, -0.2) is 0 Å². The number of hydrogen-bond donors (Lipinski definition) is 1. The highest BCUT2D eigenvalue weighted by molar-refractivity contribution is 6.31. The lowest BCUT2D eigenvalue weighted by molar-refractivity contribution is -0.129. The van der Waals surface area contributed by atoms with E-state index in [0.717, 1.165) is 0 Å². The van der Waals surface area contributed by atoms with Crippen LogP contribution in [0.1, 0.15) is 5.69 Å². The van der Waals surface area contributed by atoms with Crippen LogP contribution >= 0.6 is 11.6 Å². The summed E-state index contributed by atoms with van der Waals surface area (Å²) in [6.45, 7) is 0.590. The van der Waals surface area contributed by atoms with Gasteiger partial charge in [0.2, 0.25) is 0 Å². The number of H-pyrrole nitrogens is 1. The normalized spacial score (nSPS) is 9.30. The van der Waals surface area contributed by atoms with Crippen LogP contribution < -0.4 is 0 Å². The maximum Gasteiger partial charge on any atom is 0.293 e. The number of carbonyl (C=O) groups excluding carboxylic acids is 1. The number of aromatic nitrogens is 1. The van der Waals surface area contributed by atoms with Gasteiger partial charge in [0.15, 0.2) is 0 Å². The smallest absolute Gasteiger partial charge is 0.293 e. The fourth-order valence-corrected chi connectivity index (χ4v) is 0.785. The molecule has 0 aliphatic rings. The van der Waals surface area contributed by atoms with Crippen LogP contribution in [0.2, 0.25) is 5.02 Å². The summed E-state index contributed by atoms with van der Waals surface area (Å²) in [6.07, 6.45) is 1.69. The van der Waals surface area contributed by atoms with Crippen molar-refractivity contribution in [1.82, 2.24) is 4.98 Å². The van der Waals surface area contributed by atoms with Crippen LogP contribution in [-0.2, 0) is 16.1 Å².